The molecule has 0 radical (unpaired) electrons. The second-order valence-corrected chi connectivity index (χ2v) is 5.77. The summed E-state index contributed by atoms with van der Waals surface area (Å²) < 4.78 is 0. The number of carbonyl (C=O) groups is 1. The van der Waals surface area contributed by atoms with Crippen molar-refractivity contribution in [1.29, 1.82) is 0 Å². The van der Waals surface area contributed by atoms with Gasteiger partial charge in [-0.3, -0.25) is 9.89 Å². The quantitative estimate of drug-likeness (QED) is 0.743. The zero-order valence-corrected chi connectivity index (χ0v) is 11.7. The zero-order chi connectivity index (χ0) is 13.0. The molecule has 0 bridgehead atoms. The predicted molar refractivity (Wildman–Crippen MR) is 71.6 cm³/mol. The first-order valence-electron chi connectivity index (χ1n) is 6.53. The molecule has 1 aromatic heterocycles. The molecule has 0 aromatic carbocycles. The lowest BCUT2D eigenvalue weighted by Crippen LogP contribution is -2.33. The fourth-order valence-corrected chi connectivity index (χ4v) is 2.43. The Balaban J connectivity index is 1.71. The molecule has 1 heterocycles. The topological polar surface area (TPSA) is 70.7 Å². The predicted octanol–water partition coefficient (Wildman–Crippen LogP) is 2.08. The second kappa shape index (κ2) is 6.22. The van der Waals surface area contributed by atoms with Gasteiger partial charge in [-0.05, 0) is 26.2 Å². The molecule has 5 nitrogen and oxygen atoms in total. The molecular weight excluding hydrogens is 248 g/mol. The zero-order valence-electron chi connectivity index (χ0n) is 10.9. The van der Waals surface area contributed by atoms with E-state index in [1.807, 2.05) is 6.92 Å². The van der Waals surface area contributed by atoms with E-state index in [1.54, 1.807) is 0 Å². The van der Waals surface area contributed by atoms with Gasteiger partial charge in [0.15, 0.2) is 0 Å². The largest absolute Gasteiger partial charge is 0.353 e. The fourth-order valence-electron chi connectivity index (χ4n) is 1.81. The number of aromatic amines is 1. The number of rotatable bonds is 7. The summed E-state index contributed by atoms with van der Waals surface area (Å²) in [6, 6.07) is 0.247. The van der Waals surface area contributed by atoms with Crippen LogP contribution in [-0.2, 0) is 4.79 Å². The normalized spacial score (nSPS) is 16.6. The van der Waals surface area contributed by atoms with Gasteiger partial charge in [-0.25, -0.2) is 4.98 Å². The van der Waals surface area contributed by atoms with Gasteiger partial charge in [0, 0.05) is 12.0 Å². The fraction of sp³-hybridized carbons (Fsp3) is 0.750. The van der Waals surface area contributed by atoms with Crippen molar-refractivity contribution >= 4 is 17.7 Å². The van der Waals surface area contributed by atoms with Crippen LogP contribution in [0.3, 0.4) is 0 Å². The van der Waals surface area contributed by atoms with Gasteiger partial charge in [0.2, 0.25) is 11.1 Å². The molecule has 1 fully saturated rings. The van der Waals surface area contributed by atoms with Crippen molar-refractivity contribution in [3.05, 3.63) is 5.82 Å². The Morgan fingerprint density at radius 2 is 2.39 bits per heavy atom. The lowest BCUT2D eigenvalue weighted by molar-refractivity contribution is -0.119. The average molecular weight is 268 g/mol. The minimum atomic E-state index is 0.0544. The summed E-state index contributed by atoms with van der Waals surface area (Å²) in [4.78, 5) is 16.0. The van der Waals surface area contributed by atoms with E-state index >= 15 is 0 Å². The minimum Gasteiger partial charge on any atom is -0.353 e. The van der Waals surface area contributed by atoms with Crippen LogP contribution in [-0.4, -0.2) is 32.9 Å². The van der Waals surface area contributed by atoms with E-state index in [0.717, 1.165) is 18.7 Å². The van der Waals surface area contributed by atoms with Gasteiger partial charge in [0.05, 0.1) is 5.75 Å². The Bertz CT molecular complexity index is 403. The van der Waals surface area contributed by atoms with Gasteiger partial charge in [-0.1, -0.05) is 25.1 Å². The summed E-state index contributed by atoms with van der Waals surface area (Å²) in [6.07, 6.45) is 4.51. The van der Waals surface area contributed by atoms with Gasteiger partial charge in [-0.2, -0.15) is 0 Å². The number of aromatic nitrogens is 3. The number of hydrogen-bond acceptors (Lipinski definition) is 4. The standard InChI is InChI=1S/C12H20N4OS/c1-3-4-8(2)13-10(17)7-18-12-14-11(15-16-12)9-5-6-9/h8-9H,3-7H2,1-2H3,(H,13,17)(H,14,15,16). The van der Waals surface area contributed by atoms with Crippen LogP contribution < -0.4 is 5.32 Å². The van der Waals surface area contributed by atoms with Crippen molar-refractivity contribution in [1.82, 2.24) is 20.5 Å². The number of hydrogen-bond donors (Lipinski definition) is 2. The lowest BCUT2D eigenvalue weighted by Gasteiger charge is -2.11. The number of amides is 1. The highest BCUT2D eigenvalue weighted by molar-refractivity contribution is 7.99. The Kier molecular flexibility index (Phi) is 4.63. The average Bonchev–Trinajstić information content (AvgIpc) is 3.06. The van der Waals surface area contributed by atoms with E-state index in [9.17, 15) is 4.79 Å². The third kappa shape index (κ3) is 4.01. The molecule has 0 spiro atoms. The van der Waals surface area contributed by atoms with Crippen LogP contribution in [0.4, 0.5) is 0 Å². The molecule has 0 saturated heterocycles. The molecule has 1 saturated carbocycles. The molecule has 2 N–H and O–H groups in total. The van der Waals surface area contributed by atoms with Crippen molar-refractivity contribution in [3.8, 4) is 0 Å². The minimum absolute atomic E-state index is 0.0544. The van der Waals surface area contributed by atoms with Gasteiger partial charge < -0.3 is 5.32 Å². The number of nitrogens with zero attached hydrogens (tertiary/aromatic N) is 2. The lowest BCUT2D eigenvalue weighted by atomic mass is 10.2. The molecule has 1 atom stereocenters. The van der Waals surface area contributed by atoms with Crippen LogP contribution in [0.5, 0.6) is 0 Å². The third-order valence-corrected chi connectivity index (χ3v) is 3.75. The molecule has 1 aliphatic carbocycles. The van der Waals surface area contributed by atoms with E-state index in [-0.39, 0.29) is 11.9 Å². The summed E-state index contributed by atoms with van der Waals surface area (Å²) >= 11 is 1.39. The molecular formula is C12H20N4OS. The number of carbonyl (C=O) groups excluding carboxylic acids is 1. The molecule has 6 heteroatoms. The van der Waals surface area contributed by atoms with E-state index in [4.69, 9.17) is 0 Å². The van der Waals surface area contributed by atoms with E-state index in [2.05, 4.69) is 27.4 Å². The van der Waals surface area contributed by atoms with Crippen LogP contribution in [0.1, 0.15) is 51.3 Å². The van der Waals surface area contributed by atoms with E-state index < -0.39 is 0 Å². The number of H-pyrrole nitrogens is 1. The summed E-state index contributed by atoms with van der Waals surface area (Å²) in [6.45, 7) is 4.15. The molecule has 100 valence electrons. The van der Waals surface area contributed by atoms with Crippen LogP contribution in [0.2, 0.25) is 0 Å². The van der Waals surface area contributed by atoms with Crippen LogP contribution in [0.15, 0.2) is 5.16 Å². The van der Waals surface area contributed by atoms with Gasteiger partial charge >= 0.3 is 0 Å². The summed E-state index contributed by atoms with van der Waals surface area (Å²) in [5, 5.41) is 10.7. The molecule has 1 unspecified atom stereocenters. The van der Waals surface area contributed by atoms with Crippen LogP contribution >= 0.6 is 11.8 Å². The molecule has 1 amide bonds. The van der Waals surface area contributed by atoms with Crippen molar-refractivity contribution in [2.24, 2.45) is 0 Å². The third-order valence-electron chi connectivity index (χ3n) is 2.91. The van der Waals surface area contributed by atoms with E-state index in [0.29, 0.717) is 16.8 Å². The second-order valence-electron chi connectivity index (χ2n) is 4.82. The molecule has 18 heavy (non-hydrogen) atoms. The molecule has 1 aromatic rings. The van der Waals surface area contributed by atoms with Crippen molar-refractivity contribution in [2.75, 3.05) is 5.75 Å². The summed E-state index contributed by atoms with van der Waals surface area (Å²) in [5.41, 5.74) is 0. The highest BCUT2D eigenvalue weighted by Crippen LogP contribution is 2.38. The number of nitrogens with one attached hydrogen (secondary N) is 2. The summed E-state index contributed by atoms with van der Waals surface area (Å²) in [5.74, 6) is 1.98. The summed E-state index contributed by atoms with van der Waals surface area (Å²) in [7, 11) is 0. The first-order chi connectivity index (χ1) is 8.69. The van der Waals surface area contributed by atoms with Crippen molar-refractivity contribution in [2.45, 2.75) is 56.6 Å². The monoisotopic (exact) mass is 268 g/mol. The first-order valence-corrected chi connectivity index (χ1v) is 7.52. The first kappa shape index (κ1) is 13.4. The smallest absolute Gasteiger partial charge is 0.230 e. The van der Waals surface area contributed by atoms with Crippen LogP contribution in [0, 0.1) is 0 Å². The van der Waals surface area contributed by atoms with Crippen molar-refractivity contribution in [3.63, 3.8) is 0 Å². The van der Waals surface area contributed by atoms with Crippen LogP contribution in [0.25, 0.3) is 0 Å². The van der Waals surface area contributed by atoms with E-state index in [1.165, 1.54) is 24.6 Å². The maximum atomic E-state index is 11.7. The maximum absolute atomic E-state index is 11.7. The van der Waals surface area contributed by atoms with Gasteiger partial charge in [-0.15, -0.1) is 5.10 Å². The maximum Gasteiger partial charge on any atom is 0.230 e. The molecule has 0 aliphatic heterocycles. The molecule has 1 aliphatic rings. The Morgan fingerprint density at radius 3 is 3.06 bits per heavy atom. The van der Waals surface area contributed by atoms with Gasteiger partial charge in [0.1, 0.15) is 5.82 Å². The SMILES string of the molecule is CCCC(C)NC(=O)CSc1n[nH]c(C2CC2)n1. The Morgan fingerprint density at radius 1 is 1.61 bits per heavy atom. The number of thioether (sulfide) groups is 1. The Labute approximate surface area is 112 Å². The van der Waals surface area contributed by atoms with Gasteiger partial charge in [0.25, 0.3) is 0 Å². The Hall–Kier alpha value is -1.04. The highest BCUT2D eigenvalue weighted by atomic mass is 32.2. The molecule has 2 rings (SSSR count). The highest BCUT2D eigenvalue weighted by Gasteiger charge is 2.27. The van der Waals surface area contributed by atoms with Crippen molar-refractivity contribution < 1.29 is 4.79 Å².